The van der Waals surface area contributed by atoms with Crippen LogP contribution in [0.3, 0.4) is 0 Å². The molecule has 0 saturated carbocycles. The highest BCUT2D eigenvalue weighted by molar-refractivity contribution is 9.10. The van der Waals surface area contributed by atoms with Crippen molar-refractivity contribution in [1.82, 2.24) is 9.97 Å². The molecule has 0 aliphatic heterocycles. The standard InChI is InChI=1S/C15H14BrN3O/c1-10-8-13(19-15(18-10)4-3-7-17)12-9-11(16)5-6-14(12)20-2/h5-6,8-9H,3-4H2,1-2H3. The van der Waals surface area contributed by atoms with Crippen LogP contribution in [-0.2, 0) is 6.42 Å². The Bertz CT molecular complexity index is 665. The number of aryl methyl sites for hydroxylation is 2. The molecule has 0 saturated heterocycles. The first-order valence-corrected chi connectivity index (χ1v) is 6.98. The molecule has 102 valence electrons. The number of hydrogen-bond acceptors (Lipinski definition) is 4. The lowest BCUT2D eigenvalue weighted by Crippen LogP contribution is -2.00. The van der Waals surface area contributed by atoms with E-state index in [1.807, 2.05) is 31.2 Å². The molecule has 0 radical (unpaired) electrons. The summed E-state index contributed by atoms with van der Waals surface area (Å²) in [7, 11) is 1.64. The SMILES string of the molecule is COc1ccc(Br)cc1-c1cc(C)nc(CCC#N)n1. The van der Waals surface area contributed by atoms with Gasteiger partial charge in [0.2, 0.25) is 0 Å². The third-order valence-corrected chi connectivity index (χ3v) is 3.29. The van der Waals surface area contributed by atoms with E-state index in [2.05, 4.69) is 32.0 Å². The minimum Gasteiger partial charge on any atom is -0.496 e. The van der Waals surface area contributed by atoms with Gasteiger partial charge in [0.15, 0.2) is 0 Å². The Labute approximate surface area is 126 Å². The third kappa shape index (κ3) is 3.34. The van der Waals surface area contributed by atoms with Crippen LogP contribution < -0.4 is 4.74 Å². The number of hydrogen-bond donors (Lipinski definition) is 0. The molecule has 0 unspecified atom stereocenters. The summed E-state index contributed by atoms with van der Waals surface area (Å²) in [5, 5.41) is 8.67. The summed E-state index contributed by atoms with van der Waals surface area (Å²) in [6.07, 6.45) is 0.972. The average Bonchev–Trinajstić information content (AvgIpc) is 2.44. The average molecular weight is 332 g/mol. The number of nitrogens with zero attached hydrogens (tertiary/aromatic N) is 3. The molecule has 0 atom stereocenters. The van der Waals surface area contributed by atoms with E-state index >= 15 is 0 Å². The van der Waals surface area contributed by atoms with Crippen molar-refractivity contribution in [2.75, 3.05) is 7.11 Å². The molecule has 0 amide bonds. The normalized spacial score (nSPS) is 10.1. The summed E-state index contributed by atoms with van der Waals surface area (Å²) in [6, 6.07) is 9.82. The van der Waals surface area contributed by atoms with Crippen molar-refractivity contribution >= 4 is 15.9 Å². The van der Waals surface area contributed by atoms with Crippen LogP contribution >= 0.6 is 15.9 Å². The van der Waals surface area contributed by atoms with Gasteiger partial charge < -0.3 is 4.74 Å². The number of halogens is 1. The summed E-state index contributed by atoms with van der Waals surface area (Å²) in [5.41, 5.74) is 2.60. The van der Waals surface area contributed by atoms with Gasteiger partial charge in [-0.3, -0.25) is 0 Å². The van der Waals surface area contributed by atoms with Crippen molar-refractivity contribution in [3.63, 3.8) is 0 Å². The fourth-order valence-corrected chi connectivity index (χ4v) is 2.29. The van der Waals surface area contributed by atoms with Crippen LogP contribution in [-0.4, -0.2) is 17.1 Å². The summed E-state index contributed by atoms with van der Waals surface area (Å²) in [4.78, 5) is 8.89. The van der Waals surface area contributed by atoms with E-state index in [4.69, 9.17) is 10.00 Å². The quantitative estimate of drug-likeness (QED) is 0.857. The van der Waals surface area contributed by atoms with Gasteiger partial charge in [-0.25, -0.2) is 9.97 Å². The molecule has 0 aliphatic carbocycles. The molecule has 0 spiro atoms. The molecule has 20 heavy (non-hydrogen) atoms. The van der Waals surface area contributed by atoms with E-state index < -0.39 is 0 Å². The highest BCUT2D eigenvalue weighted by Gasteiger charge is 2.10. The Morgan fingerprint density at radius 3 is 2.80 bits per heavy atom. The Balaban J connectivity index is 2.49. The number of ether oxygens (including phenoxy) is 1. The fraction of sp³-hybridized carbons (Fsp3) is 0.267. The van der Waals surface area contributed by atoms with Crippen molar-refractivity contribution < 1.29 is 4.74 Å². The lowest BCUT2D eigenvalue weighted by atomic mass is 10.1. The first kappa shape index (κ1) is 14.5. The molecule has 0 N–H and O–H groups in total. The number of aromatic nitrogens is 2. The van der Waals surface area contributed by atoms with E-state index in [-0.39, 0.29) is 0 Å². The van der Waals surface area contributed by atoms with Crippen molar-refractivity contribution in [1.29, 1.82) is 5.26 Å². The largest absolute Gasteiger partial charge is 0.496 e. The second kappa shape index (κ2) is 6.49. The van der Waals surface area contributed by atoms with Crippen molar-refractivity contribution in [2.24, 2.45) is 0 Å². The van der Waals surface area contributed by atoms with Crippen LogP contribution in [0.15, 0.2) is 28.7 Å². The Morgan fingerprint density at radius 1 is 1.30 bits per heavy atom. The van der Waals surface area contributed by atoms with Crippen LogP contribution in [0, 0.1) is 18.3 Å². The zero-order chi connectivity index (χ0) is 14.5. The highest BCUT2D eigenvalue weighted by atomic mass is 79.9. The summed E-state index contributed by atoms with van der Waals surface area (Å²) < 4.78 is 6.34. The minimum atomic E-state index is 0.415. The first-order chi connectivity index (χ1) is 9.63. The van der Waals surface area contributed by atoms with E-state index in [1.54, 1.807) is 7.11 Å². The van der Waals surface area contributed by atoms with Gasteiger partial charge in [-0.05, 0) is 31.2 Å². The smallest absolute Gasteiger partial charge is 0.130 e. The maximum atomic E-state index is 8.67. The molecule has 2 aromatic rings. The van der Waals surface area contributed by atoms with Crippen LogP contribution in [0.2, 0.25) is 0 Å². The van der Waals surface area contributed by atoms with Gasteiger partial charge in [-0.15, -0.1) is 0 Å². The first-order valence-electron chi connectivity index (χ1n) is 6.19. The fourth-order valence-electron chi connectivity index (χ4n) is 1.93. The molecule has 1 aromatic carbocycles. The Hall–Kier alpha value is -1.93. The van der Waals surface area contributed by atoms with Gasteiger partial charge in [-0.1, -0.05) is 15.9 Å². The van der Waals surface area contributed by atoms with Gasteiger partial charge in [0.05, 0.1) is 18.9 Å². The Morgan fingerprint density at radius 2 is 2.10 bits per heavy atom. The van der Waals surface area contributed by atoms with Crippen molar-refractivity contribution in [2.45, 2.75) is 19.8 Å². The van der Waals surface area contributed by atoms with Crippen LogP contribution in [0.4, 0.5) is 0 Å². The summed E-state index contributed by atoms with van der Waals surface area (Å²) >= 11 is 3.46. The zero-order valence-electron chi connectivity index (χ0n) is 11.4. The minimum absolute atomic E-state index is 0.415. The second-order valence-corrected chi connectivity index (χ2v) is 5.23. The van der Waals surface area contributed by atoms with E-state index in [9.17, 15) is 0 Å². The molecular weight excluding hydrogens is 318 g/mol. The number of benzene rings is 1. The molecule has 0 bridgehead atoms. The number of methoxy groups -OCH3 is 1. The molecule has 0 aliphatic rings. The molecular formula is C15H14BrN3O. The zero-order valence-corrected chi connectivity index (χ0v) is 12.9. The number of rotatable bonds is 4. The van der Waals surface area contributed by atoms with Gasteiger partial charge >= 0.3 is 0 Å². The van der Waals surface area contributed by atoms with E-state index in [0.29, 0.717) is 18.7 Å². The van der Waals surface area contributed by atoms with Crippen molar-refractivity contribution in [3.8, 4) is 23.1 Å². The monoisotopic (exact) mass is 331 g/mol. The summed E-state index contributed by atoms with van der Waals surface area (Å²) in [5.74, 6) is 1.45. The third-order valence-electron chi connectivity index (χ3n) is 2.80. The lowest BCUT2D eigenvalue weighted by Gasteiger charge is -2.10. The predicted octanol–water partition coefficient (Wildman–Crippen LogP) is 3.68. The van der Waals surface area contributed by atoms with E-state index in [1.165, 1.54) is 0 Å². The molecule has 5 heteroatoms. The maximum absolute atomic E-state index is 8.67. The van der Waals surface area contributed by atoms with E-state index in [0.717, 1.165) is 27.2 Å². The Kier molecular flexibility index (Phi) is 4.70. The highest BCUT2D eigenvalue weighted by Crippen LogP contribution is 2.31. The molecule has 1 heterocycles. The van der Waals surface area contributed by atoms with Gasteiger partial charge in [0.25, 0.3) is 0 Å². The molecule has 1 aromatic heterocycles. The van der Waals surface area contributed by atoms with Crippen LogP contribution in [0.25, 0.3) is 11.3 Å². The second-order valence-electron chi connectivity index (χ2n) is 4.31. The maximum Gasteiger partial charge on any atom is 0.130 e. The van der Waals surface area contributed by atoms with Gasteiger partial charge in [-0.2, -0.15) is 5.26 Å². The van der Waals surface area contributed by atoms with Gasteiger partial charge in [0.1, 0.15) is 11.6 Å². The topological polar surface area (TPSA) is 58.8 Å². The number of nitriles is 1. The van der Waals surface area contributed by atoms with Crippen LogP contribution in [0.1, 0.15) is 17.9 Å². The van der Waals surface area contributed by atoms with Crippen LogP contribution in [0.5, 0.6) is 5.75 Å². The molecule has 4 nitrogen and oxygen atoms in total. The summed E-state index contributed by atoms with van der Waals surface area (Å²) in [6.45, 7) is 1.92. The molecule has 0 fully saturated rings. The predicted molar refractivity (Wildman–Crippen MR) is 80.4 cm³/mol. The van der Waals surface area contributed by atoms with Gasteiger partial charge in [0, 0.05) is 28.6 Å². The molecule has 2 rings (SSSR count). The van der Waals surface area contributed by atoms with Crippen molar-refractivity contribution in [3.05, 3.63) is 40.3 Å². The lowest BCUT2D eigenvalue weighted by molar-refractivity contribution is 0.416.